The lowest BCUT2D eigenvalue weighted by Gasteiger charge is -2.30. The van der Waals surface area contributed by atoms with Crippen molar-refractivity contribution in [3.63, 3.8) is 0 Å². The van der Waals surface area contributed by atoms with E-state index >= 15 is 0 Å². The predicted molar refractivity (Wildman–Crippen MR) is 98.7 cm³/mol. The number of morpholine rings is 1. The Kier molecular flexibility index (Phi) is 4.54. The van der Waals surface area contributed by atoms with Crippen LogP contribution in [0.4, 0.5) is 5.69 Å². The molecular weight excluding hydrogens is 296 g/mol. The fourth-order valence-corrected chi connectivity index (χ4v) is 3.99. The first-order valence-electron chi connectivity index (χ1n) is 9.00. The number of ether oxygens (including phenoxy) is 1. The second-order valence-corrected chi connectivity index (χ2v) is 6.97. The monoisotopic (exact) mass is 322 g/mol. The summed E-state index contributed by atoms with van der Waals surface area (Å²) in [6.07, 6.45) is 1.18. The summed E-state index contributed by atoms with van der Waals surface area (Å²) in [7, 11) is 2.23. The third kappa shape index (κ3) is 3.19. The van der Waals surface area contributed by atoms with Gasteiger partial charge in [-0.15, -0.1) is 0 Å². The van der Waals surface area contributed by atoms with Gasteiger partial charge in [0.2, 0.25) is 0 Å². The summed E-state index contributed by atoms with van der Waals surface area (Å²) in [5, 5.41) is 0. The van der Waals surface area contributed by atoms with Crippen molar-refractivity contribution in [1.82, 2.24) is 4.90 Å². The number of anilines is 1. The molecule has 0 aliphatic carbocycles. The van der Waals surface area contributed by atoms with Gasteiger partial charge < -0.3 is 14.5 Å². The van der Waals surface area contributed by atoms with Crippen LogP contribution in [0.3, 0.4) is 0 Å². The van der Waals surface area contributed by atoms with Crippen molar-refractivity contribution in [1.29, 1.82) is 0 Å². The van der Waals surface area contributed by atoms with E-state index in [1.165, 1.54) is 28.8 Å². The molecule has 2 aromatic rings. The molecule has 2 aliphatic heterocycles. The van der Waals surface area contributed by atoms with Crippen molar-refractivity contribution in [2.24, 2.45) is 0 Å². The van der Waals surface area contributed by atoms with Gasteiger partial charge in [0.1, 0.15) is 0 Å². The van der Waals surface area contributed by atoms with Gasteiger partial charge in [-0.05, 0) is 48.8 Å². The zero-order valence-electron chi connectivity index (χ0n) is 14.4. The Balaban J connectivity index is 1.70. The molecule has 24 heavy (non-hydrogen) atoms. The minimum absolute atomic E-state index is 0.505. The highest BCUT2D eigenvalue weighted by Gasteiger charge is 2.23. The van der Waals surface area contributed by atoms with Gasteiger partial charge in [0.05, 0.1) is 13.2 Å². The van der Waals surface area contributed by atoms with E-state index in [4.69, 9.17) is 4.74 Å². The highest BCUT2D eigenvalue weighted by atomic mass is 16.5. The lowest BCUT2D eigenvalue weighted by atomic mass is 9.86. The second-order valence-electron chi connectivity index (χ2n) is 6.97. The molecular formula is C21H26N2O. The van der Waals surface area contributed by atoms with Crippen LogP contribution < -0.4 is 4.90 Å². The molecule has 0 saturated carbocycles. The summed E-state index contributed by atoms with van der Waals surface area (Å²) in [6.45, 7) is 5.85. The minimum atomic E-state index is 0.505. The van der Waals surface area contributed by atoms with Gasteiger partial charge in [0.15, 0.2) is 0 Å². The molecule has 0 N–H and O–H groups in total. The fourth-order valence-electron chi connectivity index (χ4n) is 3.99. The smallest absolute Gasteiger partial charge is 0.0642 e. The first-order valence-corrected chi connectivity index (χ1v) is 9.00. The predicted octanol–water partition coefficient (Wildman–Crippen LogP) is 3.49. The van der Waals surface area contributed by atoms with E-state index in [0.29, 0.717) is 5.92 Å². The Hall–Kier alpha value is -1.84. The van der Waals surface area contributed by atoms with Gasteiger partial charge in [-0.3, -0.25) is 0 Å². The Morgan fingerprint density at radius 1 is 0.958 bits per heavy atom. The Morgan fingerprint density at radius 3 is 2.54 bits per heavy atom. The van der Waals surface area contributed by atoms with Crippen LogP contribution in [-0.4, -0.2) is 44.8 Å². The zero-order valence-corrected chi connectivity index (χ0v) is 14.4. The van der Waals surface area contributed by atoms with E-state index in [1.54, 1.807) is 0 Å². The van der Waals surface area contributed by atoms with Crippen LogP contribution >= 0.6 is 0 Å². The molecule has 2 heterocycles. The van der Waals surface area contributed by atoms with Gasteiger partial charge in [-0.2, -0.15) is 0 Å². The van der Waals surface area contributed by atoms with Gasteiger partial charge in [-0.1, -0.05) is 36.4 Å². The van der Waals surface area contributed by atoms with Crippen LogP contribution in [0.1, 0.15) is 29.0 Å². The maximum atomic E-state index is 5.50. The summed E-state index contributed by atoms with van der Waals surface area (Å²) >= 11 is 0. The van der Waals surface area contributed by atoms with E-state index in [9.17, 15) is 0 Å². The lowest BCUT2D eigenvalue weighted by molar-refractivity contribution is 0.122. The number of hydrogen-bond donors (Lipinski definition) is 0. The van der Waals surface area contributed by atoms with Crippen molar-refractivity contribution in [2.45, 2.75) is 18.9 Å². The average molecular weight is 322 g/mol. The summed E-state index contributed by atoms with van der Waals surface area (Å²) in [4.78, 5) is 4.90. The summed E-state index contributed by atoms with van der Waals surface area (Å²) < 4.78 is 5.50. The van der Waals surface area contributed by atoms with E-state index in [1.807, 2.05) is 0 Å². The number of fused-ring (bicyclic) bond motifs is 1. The summed E-state index contributed by atoms with van der Waals surface area (Å²) in [6, 6.07) is 18.1. The Labute approximate surface area is 144 Å². The molecule has 3 nitrogen and oxygen atoms in total. The Morgan fingerprint density at radius 2 is 1.75 bits per heavy atom. The SMILES string of the molecule is CN1CCC(c2ccccc2)c2ccc(N3CCOCC3)cc2C1. The zero-order chi connectivity index (χ0) is 16.4. The number of nitrogens with zero attached hydrogens (tertiary/aromatic N) is 2. The molecule has 0 spiro atoms. The first-order chi connectivity index (χ1) is 11.8. The highest BCUT2D eigenvalue weighted by Crippen LogP contribution is 2.35. The number of hydrogen-bond acceptors (Lipinski definition) is 3. The third-order valence-electron chi connectivity index (χ3n) is 5.32. The highest BCUT2D eigenvalue weighted by molar-refractivity contribution is 5.53. The first kappa shape index (κ1) is 15.7. The topological polar surface area (TPSA) is 15.7 Å². The van der Waals surface area contributed by atoms with Crippen LogP contribution in [0, 0.1) is 0 Å². The third-order valence-corrected chi connectivity index (χ3v) is 5.32. The number of benzene rings is 2. The van der Waals surface area contributed by atoms with Crippen LogP contribution in [0.25, 0.3) is 0 Å². The number of rotatable bonds is 2. The maximum absolute atomic E-state index is 5.50. The molecule has 1 fully saturated rings. The van der Waals surface area contributed by atoms with Crippen LogP contribution in [0.5, 0.6) is 0 Å². The maximum Gasteiger partial charge on any atom is 0.0642 e. The molecule has 1 atom stereocenters. The molecule has 4 rings (SSSR count). The van der Waals surface area contributed by atoms with Gasteiger partial charge in [-0.25, -0.2) is 0 Å². The molecule has 1 unspecified atom stereocenters. The standard InChI is InChI=1S/C21H26N2O/c1-22-10-9-21(17-5-3-2-4-6-17)20-8-7-19(15-18(20)16-22)23-11-13-24-14-12-23/h2-8,15,21H,9-14,16H2,1H3. The van der Waals surface area contributed by atoms with Crippen molar-refractivity contribution < 1.29 is 4.74 Å². The van der Waals surface area contributed by atoms with Crippen molar-refractivity contribution >= 4 is 5.69 Å². The van der Waals surface area contributed by atoms with Crippen LogP contribution in [-0.2, 0) is 11.3 Å². The van der Waals surface area contributed by atoms with Gasteiger partial charge in [0, 0.05) is 31.2 Å². The average Bonchev–Trinajstić information content (AvgIpc) is 2.80. The summed E-state index contributed by atoms with van der Waals surface area (Å²) in [5.41, 5.74) is 5.77. The van der Waals surface area contributed by atoms with Crippen molar-refractivity contribution in [3.8, 4) is 0 Å². The quantitative estimate of drug-likeness (QED) is 0.842. The molecule has 126 valence electrons. The van der Waals surface area contributed by atoms with Crippen molar-refractivity contribution in [2.75, 3.05) is 44.8 Å². The minimum Gasteiger partial charge on any atom is -0.378 e. The normalized spacial score (nSPS) is 22.0. The van der Waals surface area contributed by atoms with E-state index in [-0.39, 0.29) is 0 Å². The molecule has 1 saturated heterocycles. The molecule has 0 aromatic heterocycles. The van der Waals surface area contributed by atoms with E-state index in [2.05, 4.69) is 65.4 Å². The van der Waals surface area contributed by atoms with Gasteiger partial charge in [0.25, 0.3) is 0 Å². The molecule has 0 bridgehead atoms. The lowest BCUT2D eigenvalue weighted by Crippen LogP contribution is -2.36. The van der Waals surface area contributed by atoms with Crippen molar-refractivity contribution in [3.05, 3.63) is 65.2 Å². The second kappa shape index (κ2) is 6.96. The van der Waals surface area contributed by atoms with E-state index < -0.39 is 0 Å². The van der Waals surface area contributed by atoms with E-state index in [0.717, 1.165) is 39.4 Å². The van der Waals surface area contributed by atoms with Crippen LogP contribution in [0.2, 0.25) is 0 Å². The Bertz CT molecular complexity index is 679. The molecule has 2 aromatic carbocycles. The molecule has 0 radical (unpaired) electrons. The van der Waals surface area contributed by atoms with Crippen LogP contribution in [0.15, 0.2) is 48.5 Å². The largest absolute Gasteiger partial charge is 0.378 e. The fraction of sp³-hybridized carbons (Fsp3) is 0.429. The summed E-state index contributed by atoms with van der Waals surface area (Å²) in [5.74, 6) is 0.505. The molecule has 0 amide bonds. The molecule has 2 aliphatic rings. The van der Waals surface area contributed by atoms with Gasteiger partial charge >= 0.3 is 0 Å². The molecule has 3 heteroatoms.